The molecule has 13 heteroatoms. The van der Waals surface area contributed by atoms with Gasteiger partial charge < -0.3 is 25.2 Å². The van der Waals surface area contributed by atoms with Crippen LogP contribution in [0.3, 0.4) is 0 Å². The summed E-state index contributed by atoms with van der Waals surface area (Å²) in [6.45, 7) is 5.55. The molecule has 36 heavy (non-hydrogen) atoms. The number of benzene rings is 1. The first-order valence-corrected chi connectivity index (χ1v) is 11.0. The summed E-state index contributed by atoms with van der Waals surface area (Å²) in [7, 11) is 1.35. The van der Waals surface area contributed by atoms with Crippen LogP contribution in [0.15, 0.2) is 18.2 Å². The summed E-state index contributed by atoms with van der Waals surface area (Å²) < 4.78 is 10.4. The Hall–Kier alpha value is -4.16. The SMILES string of the molecule is COc1ccc(C(=O)O)cc1N1CCC(=O)N(CNC(=O)[C@H](CC(=O)OC(C)(C)C)NC(C)=O)C1=O. The van der Waals surface area contributed by atoms with E-state index < -0.39 is 60.4 Å². The van der Waals surface area contributed by atoms with Gasteiger partial charge in [-0.2, -0.15) is 0 Å². The lowest BCUT2D eigenvalue weighted by Crippen LogP contribution is -2.57. The lowest BCUT2D eigenvalue weighted by molar-refractivity contribution is -0.156. The van der Waals surface area contributed by atoms with E-state index in [0.29, 0.717) is 0 Å². The molecule has 1 heterocycles. The van der Waals surface area contributed by atoms with Crippen LogP contribution >= 0.6 is 0 Å². The van der Waals surface area contributed by atoms with Crippen LogP contribution in [0.25, 0.3) is 0 Å². The molecule has 3 N–H and O–H groups in total. The van der Waals surface area contributed by atoms with Crippen molar-refractivity contribution >= 4 is 41.4 Å². The highest BCUT2D eigenvalue weighted by molar-refractivity contribution is 6.07. The van der Waals surface area contributed by atoms with Gasteiger partial charge in [0.1, 0.15) is 24.1 Å². The van der Waals surface area contributed by atoms with Crippen LogP contribution < -0.4 is 20.3 Å². The van der Waals surface area contributed by atoms with Gasteiger partial charge in [-0.25, -0.2) is 14.5 Å². The Labute approximate surface area is 207 Å². The summed E-state index contributed by atoms with van der Waals surface area (Å²) in [5.74, 6) is -3.67. The maximum atomic E-state index is 13.1. The van der Waals surface area contributed by atoms with Crippen molar-refractivity contribution in [2.24, 2.45) is 0 Å². The molecule has 2 rings (SSSR count). The van der Waals surface area contributed by atoms with Crippen LogP contribution in [0.4, 0.5) is 10.5 Å². The number of carboxylic acids is 1. The molecule has 0 unspecified atom stereocenters. The van der Waals surface area contributed by atoms with Gasteiger partial charge in [-0.3, -0.25) is 24.1 Å². The number of nitrogens with zero attached hydrogens (tertiary/aromatic N) is 2. The maximum absolute atomic E-state index is 13.1. The number of anilines is 1. The molecule has 0 saturated carbocycles. The van der Waals surface area contributed by atoms with Crippen molar-refractivity contribution in [3.05, 3.63) is 23.8 Å². The number of carbonyl (C=O) groups is 6. The van der Waals surface area contributed by atoms with Crippen molar-refractivity contribution in [2.45, 2.75) is 52.2 Å². The van der Waals surface area contributed by atoms with Gasteiger partial charge in [-0.15, -0.1) is 0 Å². The number of aromatic carboxylic acids is 1. The van der Waals surface area contributed by atoms with Crippen LogP contribution in [-0.4, -0.2) is 77.7 Å². The minimum Gasteiger partial charge on any atom is -0.495 e. The van der Waals surface area contributed by atoms with Crippen molar-refractivity contribution in [1.29, 1.82) is 0 Å². The highest BCUT2D eigenvalue weighted by Crippen LogP contribution is 2.32. The quantitative estimate of drug-likeness (QED) is 0.411. The number of rotatable bonds is 9. The molecule has 196 valence electrons. The topological polar surface area (TPSA) is 172 Å². The number of methoxy groups -OCH3 is 1. The molecule has 0 radical (unpaired) electrons. The number of amides is 5. The highest BCUT2D eigenvalue weighted by atomic mass is 16.6. The van der Waals surface area contributed by atoms with Gasteiger partial charge in [0.15, 0.2) is 0 Å². The van der Waals surface area contributed by atoms with E-state index in [4.69, 9.17) is 9.47 Å². The van der Waals surface area contributed by atoms with Gasteiger partial charge in [0.2, 0.25) is 17.7 Å². The number of esters is 1. The molecule has 0 aromatic heterocycles. The molecule has 13 nitrogen and oxygen atoms in total. The Morgan fingerprint density at radius 1 is 1.17 bits per heavy atom. The van der Waals surface area contributed by atoms with Crippen LogP contribution in [0.1, 0.15) is 50.9 Å². The molecule has 5 amide bonds. The molecule has 1 aliphatic heterocycles. The second kappa shape index (κ2) is 11.5. The predicted octanol–water partition coefficient (Wildman–Crippen LogP) is 0.862. The second-order valence-electron chi connectivity index (χ2n) is 8.94. The minimum absolute atomic E-state index is 0.0330. The summed E-state index contributed by atoms with van der Waals surface area (Å²) in [5.41, 5.74) is -0.744. The van der Waals surface area contributed by atoms with E-state index in [9.17, 15) is 33.9 Å². The fraction of sp³-hybridized carbons (Fsp3) is 0.478. The monoisotopic (exact) mass is 506 g/mol. The Morgan fingerprint density at radius 2 is 1.83 bits per heavy atom. The Morgan fingerprint density at radius 3 is 2.39 bits per heavy atom. The first-order chi connectivity index (χ1) is 16.7. The minimum atomic E-state index is -1.30. The number of hydrogen-bond acceptors (Lipinski definition) is 8. The number of carboxylic acid groups (broad SMARTS) is 1. The standard InChI is InChI=1S/C23H30N4O9/c1-13(28)25-15(11-19(30)36-23(2,3)4)20(31)24-12-27-18(29)8-9-26(22(27)34)16-10-14(21(32)33)6-7-17(16)35-5/h6-7,10,15H,8-9,11-12H2,1-5H3,(H,24,31)(H,25,28)(H,32,33)/t15-/m0/s1. The van der Waals surface area contributed by atoms with E-state index in [1.165, 1.54) is 37.1 Å². The number of nitrogens with one attached hydrogen (secondary N) is 2. The zero-order valence-corrected chi connectivity index (χ0v) is 20.7. The predicted molar refractivity (Wildman–Crippen MR) is 125 cm³/mol. The average Bonchev–Trinajstić information content (AvgIpc) is 2.76. The summed E-state index contributed by atoms with van der Waals surface area (Å²) in [4.78, 5) is 75.3. The van der Waals surface area contributed by atoms with E-state index in [2.05, 4.69) is 10.6 Å². The van der Waals surface area contributed by atoms with Crippen molar-refractivity contribution in [3.63, 3.8) is 0 Å². The first-order valence-electron chi connectivity index (χ1n) is 11.0. The van der Waals surface area contributed by atoms with Crippen molar-refractivity contribution in [2.75, 3.05) is 25.2 Å². The van der Waals surface area contributed by atoms with Crippen LogP contribution in [0, 0.1) is 0 Å². The summed E-state index contributed by atoms with van der Waals surface area (Å²) >= 11 is 0. The third-order valence-electron chi connectivity index (χ3n) is 4.92. The zero-order chi connectivity index (χ0) is 27.2. The van der Waals surface area contributed by atoms with E-state index in [-0.39, 0.29) is 30.0 Å². The van der Waals surface area contributed by atoms with E-state index in [1.54, 1.807) is 20.8 Å². The number of ether oxygens (including phenoxy) is 2. The normalized spacial score (nSPS) is 14.7. The molecular formula is C23H30N4O9. The molecule has 1 aromatic carbocycles. The summed E-state index contributed by atoms with van der Waals surface area (Å²) in [5, 5.41) is 14.0. The fourth-order valence-electron chi connectivity index (χ4n) is 3.39. The summed E-state index contributed by atoms with van der Waals surface area (Å²) in [6.07, 6.45) is -0.565. The molecule has 1 aromatic rings. The Bertz CT molecular complexity index is 1060. The smallest absolute Gasteiger partial charge is 0.335 e. The van der Waals surface area contributed by atoms with Crippen LogP contribution in [-0.2, 0) is 23.9 Å². The molecule has 0 spiro atoms. The molecule has 1 aliphatic rings. The van der Waals surface area contributed by atoms with Gasteiger partial charge in [-0.05, 0) is 39.0 Å². The first kappa shape index (κ1) is 28.1. The molecule has 0 aliphatic carbocycles. The highest BCUT2D eigenvalue weighted by Gasteiger charge is 2.35. The number of hydrogen-bond donors (Lipinski definition) is 3. The van der Waals surface area contributed by atoms with Crippen molar-refractivity contribution in [3.8, 4) is 5.75 Å². The maximum Gasteiger partial charge on any atom is 0.335 e. The van der Waals surface area contributed by atoms with Gasteiger partial charge in [0, 0.05) is 19.9 Å². The number of carbonyl (C=O) groups excluding carboxylic acids is 5. The van der Waals surface area contributed by atoms with E-state index >= 15 is 0 Å². The van der Waals surface area contributed by atoms with Crippen molar-refractivity contribution < 1.29 is 43.3 Å². The van der Waals surface area contributed by atoms with Crippen LogP contribution in [0.5, 0.6) is 5.75 Å². The number of urea groups is 1. The Kier molecular flexibility index (Phi) is 8.98. The van der Waals surface area contributed by atoms with E-state index in [1.807, 2.05) is 0 Å². The molecular weight excluding hydrogens is 476 g/mol. The summed E-state index contributed by atoms with van der Waals surface area (Å²) in [6, 6.07) is 1.85. The fourth-order valence-corrected chi connectivity index (χ4v) is 3.39. The largest absolute Gasteiger partial charge is 0.495 e. The second-order valence-corrected chi connectivity index (χ2v) is 8.94. The van der Waals surface area contributed by atoms with Gasteiger partial charge in [-0.1, -0.05) is 0 Å². The van der Waals surface area contributed by atoms with Gasteiger partial charge >= 0.3 is 18.0 Å². The molecule has 0 bridgehead atoms. The van der Waals surface area contributed by atoms with E-state index in [0.717, 1.165) is 4.90 Å². The average molecular weight is 507 g/mol. The molecule has 1 atom stereocenters. The third-order valence-corrected chi connectivity index (χ3v) is 4.92. The molecule has 1 saturated heterocycles. The van der Waals surface area contributed by atoms with Crippen molar-refractivity contribution in [1.82, 2.24) is 15.5 Å². The van der Waals surface area contributed by atoms with Crippen LogP contribution in [0.2, 0.25) is 0 Å². The van der Waals surface area contributed by atoms with Gasteiger partial charge in [0.25, 0.3) is 0 Å². The lowest BCUT2D eigenvalue weighted by Gasteiger charge is -2.35. The number of imide groups is 1. The zero-order valence-electron chi connectivity index (χ0n) is 20.7. The molecule has 1 fully saturated rings. The third kappa shape index (κ3) is 7.42. The Balaban J connectivity index is 2.18. The lowest BCUT2D eigenvalue weighted by atomic mass is 10.1. The van der Waals surface area contributed by atoms with Gasteiger partial charge in [0.05, 0.1) is 24.8 Å².